The van der Waals surface area contributed by atoms with E-state index in [4.69, 9.17) is 15.5 Å². The number of pyridine rings is 1. The lowest BCUT2D eigenvalue weighted by atomic mass is 10.1. The Kier molecular flexibility index (Phi) is 4.88. The lowest BCUT2D eigenvalue weighted by Gasteiger charge is -2.08. The van der Waals surface area contributed by atoms with Crippen molar-refractivity contribution in [3.05, 3.63) is 47.7 Å². The molecule has 0 atom stereocenters. The maximum atomic E-state index is 11.9. The van der Waals surface area contributed by atoms with Gasteiger partial charge in [-0.15, -0.1) is 0 Å². The molecular weight excluding hydrogens is 316 g/mol. The number of hydrogen-bond acceptors (Lipinski definition) is 6. The van der Waals surface area contributed by atoms with Crippen LogP contribution in [0.5, 0.6) is 0 Å². The van der Waals surface area contributed by atoms with E-state index in [1.807, 2.05) is 24.3 Å². The molecule has 6 nitrogen and oxygen atoms in total. The minimum absolute atomic E-state index is 0.259. The smallest absolute Gasteiger partial charge is 0.338 e. The highest BCUT2D eigenvalue weighted by atomic mass is 16.5. The molecule has 25 heavy (non-hydrogen) atoms. The molecule has 2 heterocycles. The molecule has 3 rings (SSSR count). The fourth-order valence-corrected chi connectivity index (χ4v) is 2.69. The van der Waals surface area contributed by atoms with Crippen LogP contribution in [0, 0.1) is 0 Å². The van der Waals surface area contributed by atoms with E-state index in [2.05, 4.69) is 16.9 Å². The van der Waals surface area contributed by atoms with E-state index in [1.165, 1.54) is 0 Å². The fraction of sp³-hybridized carbons (Fsp3) is 0.263. The third-order valence-corrected chi connectivity index (χ3v) is 3.79. The van der Waals surface area contributed by atoms with Crippen molar-refractivity contribution in [3.63, 3.8) is 0 Å². The summed E-state index contributed by atoms with van der Waals surface area (Å²) in [6.45, 7) is 4.21. The summed E-state index contributed by atoms with van der Waals surface area (Å²) in [6.07, 6.45) is 1.72. The first-order chi connectivity index (χ1) is 12.1. The normalized spacial score (nSPS) is 10.8. The number of carbonyl (C=O) groups excluding carboxylic acids is 1. The van der Waals surface area contributed by atoms with Crippen LogP contribution in [-0.2, 0) is 11.2 Å². The predicted octanol–water partition coefficient (Wildman–Crippen LogP) is 3.40. The SMILES string of the molecule is CCCc1nc(N)nc2ccc(-c3cccc(C(=O)OCC)c3)nc12. The first kappa shape index (κ1) is 16.8. The Bertz CT molecular complexity index is 924. The molecule has 0 fully saturated rings. The number of ether oxygens (including phenoxy) is 1. The maximum Gasteiger partial charge on any atom is 0.338 e. The Balaban J connectivity index is 2.07. The number of aromatic nitrogens is 3. The Hall–Kier alpha value is -3.02. The van der Waals surface area contributed by atoms with E-state index in [0.29, 0.717) is 12.2 Å². The minimum atomic E-state index is -0.340. The summed E-state index contributed by atoms with van der Waals surface area (Å²) in [5.41, 5.74) is 10.2. The number of rotatable bonds is 5. The predicted molar refractivity (Wildman–Crippen MR) is 97.1 cm³/mol. The van der Waals surface area contributed by atoms with Gasteiger partial charge in [0.2, 0.25) is 5.95 Å². The maximum absolute atomic E-state index is 11.9. The van der Waals surface area contributed by atoms with Crippen LogP contribution in [0.4, 0.5) is 5.95 Å². The second kappa shape index (κ2) is 7.25. The van der Waals surface area contributed by atoms with Gasteiger partial charge in [-0.25, -0.2) is 19.7 Å². The highest BCUT2D eigenvalue weighted by molar-refractivity contribution is 5.91. The van der Waals surface area contributed by atoms with Crippen molar-refractivity contribution >= 4 is 23.0 Å². The van der Waals surface area contributed by atoms with Gasteiger partial charge in [-0.05, 0) is 37.6 Å². The number of anilines is 1. The van der Waals surface area contributed by atoms with Gasteiger partial charge < -0.3 is 10.5 Å². The molecule has 0 amide bonds. The topological polar surface area (TPSA) is 91.0 Å². The van der Waals surface area contributed by atoms with Gasteiger partial charge in [-0.1, -0.05) is 25.5 Å². The summed E-state index contributed by atoms with van der Waals surface area (Å²) in [7, 11) is 0. The zero-order valence-corrected chi connectivity index (χ0v) is 14.3. The lowest BCUT2D eigenvalue weighted by molar-refractivity contribution is 0.0526. The van der Waals surface area contributed by atoms with Crippen LogP contribution in [-0.4, -0.2) is 27.5 Å². The number of aryl methyl sites for hydroxylation is 1. The Labute approximate surface area is 146 Å². The second-order valence-electron chi connectivity index (χ2n) is 5.64. The first-order valence-electron chi connectivity index (χ1n) is 8.33. The molecule has 0 saturated carbocycles. The molecule has 0 aliphatic heterocycles. The number of hydrogen-bond donors (Lipinski definition) is 1. The van der Waals surface area contributed by atoms with Gasteiger partial charge in [0.15, 0.2) is 0 Å². The fourth-order valence-electron chi connectivity index (χ4n) is 2.69. The molecule has 0 spiro atoms. The molecule has 0 radical (unpaired) electrons. The zero-order chi connectivity index (χ0) is 17.8. The minimum Gasteiger partial charge on any atom is -0.462 e. The highest BCUT2D eigenvalue weighted by Crippen LogP contribution is 2.24. The summed E-state index contributed by atoms with van der Waals surface area (Å²) < 4.78 is 5.06. The molecule has 2 N–H and O–H groups in total. The lowest BCUT2D eigenvalue weighted by Crippen LogP contribution is -2.05. The Morgan fingerprint density at radius 2 is 1.96 bits per heavy atom. The van der Waals surface area contributed by atoms with Crippen LogP contribution in [0.3, 0.4) is 0 Å². The molecule has 0 aliphatic rings. The first-order valence-corrected chi connectivity index (χ1v) is 8.33. The molecule has 1 aromatic carbocycles. The van der Waals surface area contributed by atoms with Crippen LogP contribution in [0.15, 0.2) is 36.4 Å². The van der Waals surface area contributed by atoms with Gasteiger partial charge in [0.05, 0.1) is 29.1 Å². The standard InChI is InChI=1S/C19H20N4O2/c1-3-6-15-17-16(23-19(20)22-15)10-9-14(21-17)12-7-5-8-13(11-12)18(24)25-4-2/h5,7-11H,3-4,6H2,1-2H3,(H2,20,22,23). The number of fused-ring (bicyclic) bond motifs is 1. The second-order valence-corrected chi connectivity index (χ2v) is 5.64. The van der Waals surface area contributed by atoms with Gasteiger partial charge in [0, 0.05) is 5.56 Å². The van der Waals surface area contributed by atoms with E-state index in [-0.39, 0.29) is 11.9 Å². The number of nitrogens with two attached hydrogens (primary N) is 1. The average Bonchev–Trinajstić information content (AvgIpc) is 2.62. The molecule has 6 heteroatoms. The van der Waals surface area contributed by atoms with Crippen molar-refractivity contribution in [2.75, 3.05) is 12.3 Å². The summed E-state index contributed by atoms with van der Waals surface area (Å²) in [5, 5.41) is 0. The highest BCUT2D eigenvalue weighted by Gasteiger charge is 2.11. The molecule has 0 saturated heterocycles. The molecule has 128 valence electrons. The van der Waals surface area contributed by atoms with Crippen LogP contribution in [0.2, 0.25) is 0 Å². The van der Waals surface area contributed by atoms with Crippen molar-refractivity contribution in [2.24, 2.45) is 0 Å². The van der Waals surface area contributed by atoms with Gasteiger partial charge in [-0.3, -0.25) is 0 Å². The van der Waals surface area contributed by atoms with E-state index in [1.54, 1.807) is 19.1 Å². The molecular formula is C19H20N4O2. The molecule has 2 aromatic heterocycles. The molecule has 3 aromatic rings. The molecule has 0 unspecified atom stereocenters. The van der Waals surface area contributed by atoms with Crippen molar-refractivity contribution in [2.45, 2.75) is 26.7 Å². The van der Waals surface area contributed by atoms with E-state index in [9.17, 15) is 4.79 Å². The van der Waals surface area contributed by atoms with E-state index in [0.717, 1.165) is 40.8 Å². The van der Waals surface area contributed by atoms with Crippen LogP contribution < -0.4 is 5.73 Å². The number of nitrogen functional groups attached to an aromatic ring is 1. The third-order valence-electron chi connectivity index (χ3n) is 3.79. The van der Waals surface area contributed by atoms with Crippen LogP contribution >= 0.6 is 0 Å². The van der Waals surface area contributed by atoms with Gasteiger partial charge in [0.1, 0.15) is 5.52 Å². The van der Waals surface area contributed by atoms with Gasteiger partial charge >= 0.3 is 5.97 Å². The van der Waals surface area contributed by atoms with Crippen LogP contribution in [0.25, 0.3) is 22.3 Å². The van der Waals surface area contributed by atoms with E-state index >= 15 is 0 Å². The van der Waals surface area contributed by atoms with Crippen molar-refractivity contribution < 1.29 is 9.53 Å². The van der Waals surface area contributed by atoms with Gasteiger partial charge in [-0.2, -0.15) is 0 Å². The third kappa shape index (κ3) is 3.57. The van der Waals surface area contributed by atoms with Crippen molar-refractivity contribution in [1.82, 2.24) is 15.0 Å². The molecule has 0 aliphatic carbocycles. The quantitative estimate of drug-likeness (QED) is 0.718. The summed E-state index contributed by atoms with van der Waals surface area (Å²) in [5.74, 6) is -0.0808. The van der Waals surface area contributed by atoms with Crippen molar-refractivity contribution in [1.29, 1.82) is 0 Å². The number of carbonyl (C=O) groups is 1. The van der Waals surface area contributed by atoms with Gasteiger partial charge in [0.25, 0.3) is 0 Å². The summed E-state index contributed by atoms with van der Waals surface area (Å²) >= 11 is 0. The summed E-state index contributed by atoms with van der Waals surface area (Å²) in [6, 6.07) is 11.0. The van der Waals surface area contributed by atoms with Crippen molar-refractivity contribution in [3.8, 4) is 11.3 Å². The monoisotopic (exact) mass is 336 g/mol. The van der Waals surface area contributed by atoms with Crippen LogP contribution in [0.1, 0.15) is 36.3 Å². The Morgan fingerprint density at radius 1 is 1.12 bits per heavy atom. The Morgan fingerprint density at radius 3 is 2.72 bits per heavy atom. The van der Waals surface area contributed by atoms with E-state index < -0.39 is 0 Å². The summed E-state index contributed by atoms with van der Waals surface area (Å²) in [4.78, 5) is 25.2. The average molecular weight is 336 g/mol. The zero-order valence-electron chi connectivity index (χ0n) is 14.3. The number of nitrogens with zero attached hydrogens (tertiary/aromatic N) is 3. The largest absolute Gasteiger partial charge is 0.462 e. The molecule has 0 bridgehead atoms. The number of esters is 1. The number of benzene rings is 1.